The van der Waals surface area contributed by atoms with E-state index in [2.05, 4.69) is 22.2 Å². The first-order valence-electron chi connectivity index (χ1n) is 7.24. The van der Waals surface area contributed by atoms with Crippen molar-refractivity contribution in [1.29, 1.82) is 0 Å². The van der Waals surface area contributed by atoms with E-state index in [0.717, 1.165) is 30.8 Å². The molecule has 0 unspecified atom stereocenters. The number of aromatic nitrogens is 2. The third kappa shape index (κ3) is 5.04. The lowest BCUT2D eigenvalue weighted by Gasteiger charge is -2.07. The molecule has 1 aromatic heterocycles. The second-order valence-electron chi connectivity index (χ2n) is 4.56. The van der Waals surface area contributed by atoms with Crippen LogP contribution in [0.5, 0.6) is 17.5 Å². The summed E-state index contributed by atoms with van der Waals surface area (Å²) in [7, 11) is 0. The van der Waals surface area contributed by atoms with Crippen molar-refractivity contribution < 1.29 is 9.47 Å². The molecule has 0 saturated carbocycles. The number of hydrogen-bond donors (Lipinski definition) is 1. The van der Waals surface area contributed by atoms with Gasteiger partial charge in [0.25, 0.3) is 0 Å². The van der Waals surface area contributed by atoms with Crippen molar-refractivity contribution in [3.8, 4) is 17.5 Å². The third-order valence-electron chi connectivity index (χ3n) is 2.76. The minimum atomic E-state index is 0.336. The predicted molar refractivity (Wildman–Crippen MR) is 81.7 cm³/mol. The number of nitrogens with one attached hydrogen (secondary N) is 1. The molecule has 21 heavy (non-hydrogen) atoms. The zero-order valence-electron chi connectivity index (χ0n) is 12.5. The van der Waals surface area contributed by atoms with E-state index in [0.29, 0.717) is 18.4 Å². The van der Waals surface area contributed by atoms with Gasteiger partial charge >= 0.3 is 6.01 Å². The average molecular weight is 287 g/mol. The van der Waals surface area contributed by atoms with E-state index in [-0.39, 0.29) is 0 Å². The summed E-state index contributed by atoms with van der Waals surface area (Å²) in [5, 5.41) is 3.30. The zero-order valence-corrected chi connectivity index (χ0v) is 12.5. The molecule has 1 N–H and O–H groups in total. The Labute approximate surface area is 125 Å². The highest BCUT2D eigenvalue weighted by Crippen LogP contribution is 2.22. The van der Waals surface area contributed by atoms with Crippen LogP contribution in [-0.4, -0.2) is 23.1 Å². The molecule has 0 fully saturated rings. The number of hydrogen-bond acceptors (Lipinski definition) is 5. The Morgan fingerprint density at radius 1 is 1.10 bits per heavy atom. The highest BCUT2D eigenvalue weighted by Gasteiger charge is 2.02. The topological polar surface area (TPSA) is 56.3 Å². The van der Waals surface area contributed by atoms with Gasteiger partial charge in [0, 0.05) is 30.6 Å². The van der Waals surface area contributed by atoms with Crippen LogP contribution >= 0.6 is 0 Å². The van der Waals surface area contributed by atoms with Crippen molar-refractivity contribution in [1.82, 2.24) is 15.3 Å². The summed E-state index contributed by atoms with van der Waals surface area (Å²) in [4.78, 5) is 8.43. The molecule has 0 aliphatic heterocycles. The quantitative estimate of drug-likeness (QED) is 0.756. The van der Waals surface area contributed by atoms with Gasteiger partial charge in [-0.3, -0.25) is 0 Å². The summed E-state index contributed by atoms with van der Waals surface area (Å²) >= 11 is 0. The summed E-state index contributed by atoms with van der Waals surface area (Å²) in [6.45, 7) is 6.47. The minimum absolute atomic E-state index is 0.336. The van der Waals surface area contributed by atoms with Gasteiger partial charge in [-0.25, -0.2) is 9.97 Å². The molecule has 2 aromatic rings. The van der Waals surface area contributed by atoms with Crippen LogP contribution in [0.1, 0.15) is 25.8 Å². The van der Waals surface area contributed by atoms with Crippen molar-refractivity contribution >= 4 is 0 Å². The van der Waals surface area contributed by atoms with Crippen LogP contribution in [0.25, 0.3) is 0 Å². The Morgan fingerprint density at radius 2 is 1.86 bits per heavy atom. The van der Waals surface area contributed by atoms with E-state index in [9.17, 15) is 0 Å². The lowest BCUT2D eigenvalue weighted by atomic mass is 10.3. The van der Waals surface area contributed by atoms with Crippen LogP contribution in [-0.2, 0) is 6.54 Å². The SMILES string of the molecule is CCCNCc1cnc(Oc2cccc(OCC)c2)nc1. The van der Waals surface area contributed by atoms with E-state index in [4.69, 9.17) is 9.47 Å². The summed E-state index contributed by atoms with van der Waals surface area (Å²) in [6.07, 6.45) is 4.66. The highest BCUT2D eigenvalue weighted by atomic mass is 16.5. The second kappa shape index (κ2) is 8.21. The van der Waals surface area contributed by atoms with E-state index in [1.165, 1.54) is 0 Å². The zero-order chi connectivity index (χ0) is 14.9. The van der Waals surface area contributed by atoms with Gasteiger partial charge in [-0.2, -0.15) is 0 Å². The van der Waals surface area contributed by atoms with Crippen LogP contribution in [0.4, 0.5) is 0 Å². The molecule has 0 aliphatic rings. The van der Waals surface area contributed by atoms with Crippen LogP contribution in [0.3, 0.4) is 0 Å². The molecular formula is C16H21N3O2. The van der Waals surface area contributed by atoms with Gasteiger partial charge in [0.1, 0.15) is 11.5 Å². The molecule has 0 bridgehead atoms. The van der Waals surface area contributed by atoms with Gasteiger partial charge < -0.3 is 14.8 Å². The first-order chi connectivity index (χ1) is 10.3. The van der Waals surface area contributed by atoms with Crippen molar-refractivity contribution in [2.75, 3.05) is 13.2 Å². The standard InChI is InChI=1S/C16H21N3O2/c1-3-8-17-10-13-11-18-16(19-12-13)21-15-7-5-6-14(9-15)20-4-2/h5-7,9,11-12,17H,3-4,8,10H2,1-2H3. The molecule has 0 radical (unpaired) electrons. The summed E-state index contributed by atoms with van der Waals surface area (Å²) in [5.74, 6) is 1.44. The molecule has 0 amide bonds. The summed E-state index contributed by atoms with van der Waals surface area (Å²) < 4.78 is 11.1. The average Bonchev–Trinajstić information content (AvgIpc) is 2.50. The molecule has 1 aromatic carbocycles. The van der Waals surface area contributed by atoms with Crippen molar-refractivity contribution in [2.24, 2.45) is 0 Å². The molecule has 0 atom stereocenters. The predicted octanol–water partition coefficient (Wildman–Crippen LogP) is 3.17. The molecular weight excluding hydrogens is 266 g/mol. The van der Waals surface area contributed by atoms with Gasteiger partial charge in [0.2, 0.25) is 0 Å². The smallest absolute Gasteiger partial charge is 0.321 e. The monoisotopic (exact) mass is 287 g/mol. The van der Waals surface area contributed by atoms with Crippen LogP contribution < -0.4 is 14.8 Å². The van der Waals surface area contributed by atoms with Gasteiger partial charge in [0.15, 0.2) is 0 Å². The van der Waals surface area contributed by atoms with E-state index in [1.54, 1.807) is 12.4 Å². The maximum Gasteiger partial charge on any atom is 0.321 e. The molecule has 5 nitrogen and oxygen atoms in total. The van der Waals surface area contributed by atoms with E-state index >= 15 is 0 Å². The maximum absolute atomic E-state index is 5.62. The largest absolute Gasteiger partial charge is 0.494 e. The summed E-state index contributed by atoms with van der Waals surface area (Å²) in [6, 6.07) is 7.78. The van der Waals surface area contributed by atoms with E-state index < -0.39 is 0 Å². The fourth-order valence-corrected chi connectivity index (χ4v) is 1.80. The number of benzene rings is 1. The fraction of sp³-hybridized carbons (Fsp3) is 0.375. The van der Waals surface area contributed by atoms with Crippen LogP contribution in [0, 0.1) is 0 Å². The van der Waals surface area contributed by atoms with Crippen LogP contribution in [0.2, 0.25) is 0 Å². The molecule has 0 saturated heterocycles. The molecule has 0 aliphatic carbocycles. The van der Waals surface area contributed by atoms with Crippen molar-refractivity contribution in [3.63, 3.8) is 0 Å². The Balaban J connectivity index is 1.95. The molecule has 1 heterocycles. The van der Waals surface area contributed by atoms with Gasteiger partial charge in [-0.15, -0.1) is 0 Å². The Kier molecular flexibility index (Phi) is 5.97. The number of nitrogens with zero attached hydrogens (tertiary/aromatic N) is 2. The molecule has 0 spiro atoms. The normalized spacial score (nSPS) is 10.4. The van der Waals surface area contributed by atoms with Gasteiger partial charge in [-0.05, 0) is 32.0 Å². The Hall–Kier alpha value is -2.14. The van der Waals surface area contributed by atoms with Crippen molar-refractivity contribution in [2.45, 2.75) is 26.8 Å². The Bertz CT molecular complexity index is 543. The Morgan fingerprint density at radius 3 is 2.57 bits per heavy atom. The molecule has 2 rings (SSSR count). The minimum Gasteiger partial charge on any atom is -0.494 e. The van der Waals surface area contributed by atoms with Crippen molar-refractivity contribution in [3.05, 3.63) is 42.2 Å². The number of ether oxygens (including phenoxy) is 2. The lowest BCUT2D eigenvalue weighted by molar-refractivity contribution is 0.337. The van der Waals surface area contributed by atoms with Gasteiger partial charge in [-0.1, -0.05) is 13.0 Å². The highest BCUT2D eigenvalue weighted by molar-refractivity contribution is 5.34. The second-order valence-corrected chi connectivity index (χ2v) is 4.56. The fourth-order valence-electron chi connectivity index (χ4n) is 1.80. The molecule has 5 heteroatoms. The maximum atomic E-state index is 5.62. The van der Waals surface area contributed by atoms with Gasteiger partial charge in [0.05, 0.1) is 6.61 Å². The first-order valence-corrected chi connectivity index (χ1v) is 7.24. The van der Waals surface area contributed by atoms with Crippen LogP contribution in [0.15, 0.2) is 36.7 Å². The molecule has 112 valence electrons. The number of rotatable bonds is 8. The third-order valence-corrected chi connectivity index (χ3v) is 2.76. The first kappa shape index (κ1) is 15.3. The summed E-state index contributed by atoms with van der Waals surface area (Å²) in [5.41, 5.74) is 1.04. The van der Waals surface area contributed by atoms with E-state index in [1.807, 2.05) is 31.2 Å². The lowest BCUT2D eigenvalue weighted by Crippen LogP contribution is -2.14.